The van der Waals surface area contributed by atoms with E-state index in [2.05, 4.69) is 63.4 Å². The van der Waals surface area contributed by atoms with Crippen LogP contribution in [0.15, 0.2) is 48.9 Å². The molecule has 0 unspecified atom stereocenters. The maximum Gasteiger partial charge on any atom is 0.155 e. The second-order valence-corrected chi connectivity index (χ2v) is 7.16. The summed E-state index contributed by atoms with van der Waals surface area (Å²) in [5.74, 6) is 0.366. The van der Waals surface area contributed by atoms with E-state index in [1.54, 1.807) is 0 Å². The molecule has 0 atom stereocenters. The summed E-state index contributed by atoms with van der Waals surface area (Å²) in [4.78, 5) is 8.01. The van der Waals surface area contributed by atoms with Crippen LogP contribution >= 0.6 is 0 Å². The lowest BCUT2D eigenvalue weighted by molar-refractivity contribution is 0.776. The van der Waals surface area contributed by atoms with Crippen LogP contribution in [-0.4, -0.2) is 29.9 Å². The lowest BCUT2D eigenvalue weighted by Gasteiger charge is -2.10. The summed E-state index contributed by atoms with van der Waals surface area (Å²) in [6.45, 7) is 4.47. The smallest absolute Gasteiger partial charge is 0.155 e. The molecule has 0 saturated heterocycles. The van der Waals surface area contributed by atoms with Gasteiger partial charge in [-0.05, 0) is 35.7 Å². The van der Waals surface area contributed by atoms with Crippen LogP contribution in [0, 0.1) is 0 Å². The minimum Gasteiger partial charge on any atom is -0.354 e. The molecule has 5 aromatic rings. The van der Waals surface area contributed by atoms with Crippen molar-refractivity contribution in [2.75, 3.05) is 0 Å². The highest BCUT2D eigenvalue weighted by Crippen LogP contribution is 2.39. The van der Waals surface area contributed by atoms with Gasteiger partial charge in [-0.15, -0.1) is 0 Å². The number of nitrogens with one attached hydrogen (secondary N) is 2. The molecule has 4 aromatic heterocycles. The Labute approximate surface area is 156 Å². The minimum atomic E-state index is 0.366. The van der Waals surface area contributed by atoms with Gasteiger partial charge in [0.05, 0.1) is 17.6 Å². The molecule has 134 valence electrons. The normalized spacial score (nSPS) is 11.9. The molecule has 0 bridgehead atoms. The number of pyridine rings is 1. The second-order valence-electron chi connectivity index (χ2n) is 7.16. The van der Waals surface area contributed by atoms with Crippen LogP contribution in [0.1, 0.15) is 25.3 Å². The van der Waals surface area contributed by atoms with E-state index >= 15 is 0 Å². The molecule has 5 rings (SSSR count). The third-order valence-corrected chi connectivity index (χ3v) is 5.16. The second kappa shape index (κ2) is 5.81. The summed E-state index contributed by atoms with van der Waals surface area (Å²) in [7, 11) is 1.97. The van der Waals surface area contributed by atoms with Gasteiger partial charge in [-0.25, -0.2) is 4.98 Å². The van der Waals surface area contributed by atoms with Crippen LogP contribution in [0.2, 0.25) is 0 Å². The lowest BCUT2D eigenvalue weighted by Crippen LogP contribution is -1.93. The van der Waals surface area contributed by atoms with Gasteiger partial charge in [0, 0.05) is 46.9 Å². The lowest BCUT2D eigenvalue weighted by atomic mass is 9.94. The van der Waals surface area contributed by atoms with Crippen LogP contribution in [-0.2, 0) is 7.05 Å². The van der Waals surface area contributed by atoms with Crippen molar-refractivity contribution in [1.29, 1.82) is 0 Å². The Balaban J connectivity index is 1.80. The Bertz CT molecular complexity index is 1270. The summed E-state index contributed by atoms with van der Waals surface area (Å²) < 4.78 is 1.90. The number of aryl methyl sites for hydroxylation is 1. The van der Waals surface area contributed by atoms with Crippen molar-refractivity contribution < 1.29 is 0 Å². The minimum absolute atomic E-state index is 0.366. The van der Waals surface area contributed by atoms with Crippen molar-refractivity contribution in [2.45, 2.75) is 19.8 Å². The van der Waals surface area contributed by atoms with Crippen LogP contribution in [0.5, 0.6) is 0 Å². The Morgan fingerprint density at radius 1 is 1.04 bits per heavy atom. The highest BCUT2D eigenvalue weighted by atomic mass is 15.3. The van der Waals surface area contributed by atoms with Crippen molar-refractivity contribution in [1.82, 2.24) is 29.9 Å². The van der Waals surface area contributed by atoms with Crippen LogP contribution in [0.3, 0.4) is 0 Å². The summed E-state index contributed by atoms with van der Waals surface area (Å²) in [5.41, 5.74) is 7.77. The highest BCUT2D eigenvalue weighted by Gasteiger charge is 2.19. The quantitative estimate of drug-likeness (QED) is 0.495. The maximum atomic E-state index is 4.37. The summed E-state index contributed by atoms with van der Waals surface area (Å²) in [5, 5.41) is 13.7. The third-order valence-electron chi connectivity index (χ3n) is 5.16. The van der Waals surface area contributed by atoms with E-state index in [1.807, 2.05) is 36.4 Å². The number of fused-ring (bicyclic) bond motifs is 2. The van der Waals surface area contributed by atoms with Crippen molar-refractivity contribution in [3.05, 3.63) is 54.5 Å². The zero-order chi connectivity index (χ0) is 18.5. The van der Waals surface area contributed by atoms with Crippen molar-refractivity contribution >= 4 is 21.9 Å². The molecule has 0 fully saturated rings. The van der Waals surface area contributed by atoms with Crippen molar-refractivity contribution in [3.8, 4) is 22.5 Å². The molecule has 2 N–H and O–H groups in total. The van der Waals surface area contributed by atoms with Gasteiger partial charge >= 0.3 is 0 Å². The van der Waals surface area contributed by atoms with Gasteiger partial charge in [0.2, 0.25) is 0 Å². The van der Waals surface area contributed by atoms with E-state index in [0.29, 0.717) is 5.92 Å². The fourth-order valence-electron chi connectivity index (χ4n) is 3.91. The zero-order valence-electron chi connectivity index (χ0n) is 15.5. The molecule has 0 aliphatic carbocycles. The van der Waals surface area contributed by atoms with Gasteiger partial charge in [-0.1, -0.05) is 19.9 Å². The molecule has 0 radical (unpaired) electrons. The zero-order valence-corrected chi connectivity index (χ0v) is 15.5. The molecule has 27 heavy (non-hydrogen) atoms. The molecule has 0 spiro atoms. The Morgan fingerprint density at radius 2 is 1.93 bits per heavy atom. The first-order chi connectivity index (χ1) is 13.1. The van der Waals surface area contributed by atoms with Crippen LogP contribution in [0.25, 0.3) is 44.5 Å². The number of aromatic amines is 2. The average molecular weight is 356 g/mol. The fourth-order valence-corrected chi connectivity index (χ4v) is 3.91. The number of hydrogen-bond acceptors (Lipinski definition) is 3. The van der Waals surface area contributed by atoms with Gasteiger partial charge in [-0.2, -0.15) is 10.2 Å². The number of H-pyrrole nitrogens is 2. The Hall–Kier alpha value is -3.41. The topological polar surface area (TPSA) is 75.2 Å². The molecule has 0 aliphatic heterocycles. The molecular weight excluding hydrogens is 336 g/mol. The van der Waals surface area contributed by atoms with E-state index in [0.717, 1.165) is 39.1 Å². The fraction of sp³-hybridized carbons (Fsp3) is 0.190. The van der Waals surface area contributed by atoms with Gasteiger partial charge < -0.3 is 4.98 Å². The molecule has 6 nitrogen and oxygen atoms in total. The maximum absolute atomic E-state index is 4.37. The van der Waals surface area contributed by atoms with Gasteiger partial charge in [0.25, 0.3) is 0 Å². The SMILES string of the molecule is CC(C)c1c(-c2ccnc3[nH]ncc23)[nH]c2ccc(-c3ccnn3C)cc12. The van der Waals surface area contributed by atoms with E-state index in [4.69, 9.17) is 0 Å². The van der Waals surface area contributed by atoms with Gasteiger partial charge in [-0.3, -0.25) is 9.78 Å². The van der Waals surface area contributed by atoms with E-state index in [1.165, 1.54) is 10.9 Å². The molecule has 6 heteroatoms. The van der Waals surface area contributed by atoms with Gasteiger partial charge in [0.15, 0.2) is 5.65 Å². The largest absolute Gasteiger partial charge is 0.354 e. The summed E-state index contributed by atoms with van der Waals surface area (Å²) in [6, 6.07) is 10.7. The number of rotatable bonds is 3. The first-order valence-corrected chi connectivity index (χ1v) is 9.06. The van der Waals surface area contributed by atoms with Crippen LogP contribution in [0.4, 0.5) is 0 Å². The molecule has 1 aromatic carbocycles. The number of hydrogen-bond donors (Lipinski definition) is 2. The van der Waals surface area contributed by atoms with Crippen molar-refractivity contribution in [3.63, 3.8) is 0 Å². The Kier molecular flexibility index (Phi) is 3.40. The Morgan fingerprint density at radius 3 is 2.70 bits per heavy atom. The summed E-state index contributed by atoms with van der Waals surface area (Å²) >= 11 is 0. The van der Waals surface area contributed by atoms with Crippen LogP contribution < -0.4 is 0 Å². The monoisotopic (exact) mass is 356 g/mol. The van der Waals surface area contributed by atoms with Crippen molar-refractivity contribution in [2.24, 2.45) is 7.05 Å². The third kappa shape index (κ3) is 2.37. The van der Waals surface area contributed by atoms with E-state index in [-0.39, 0.29) is 0 Å². The average Bonchev–Trinajstić information content (AvgIpc) is 3.37. The van der Waals surface area contributed by atoms with E-state index < -0.39 is 0 Å². The van der Waals surface area contributed by atoms with E-state index in [9.17, 15) is 0 Å². The molecular formula is C21H20N6. The van der Waals surface area contributed by atoms with Gasteiger partial charge in [0.1, 0.15) is 0 Å². The highest BCUT2D eigenvalue weighted by molar-refractivity contribution is 5.99. The first kappa shape index (κ1) is 15.8. The predicted octanol–water partition coefficient (Wildman–Crippen LogP) is 4.63. The number of aromatic nitrogens is 6. The molecule has 4 heterocycles. The summed E-state index contributed by atoms with van der Waals surface area (Å²) in [6.07, 6.45) is 5.50. The molecule has 0 amide bonds. The predicted molar refractivity (Wildman–Crippen MR) is 107 cm³/mol. The number of benzene rings is 1. The standard InChI is InChI=1S/C21H20N6/c1-12(2)19-15-10-13(18-7-9-24-27(18)3)4-5-17(15)25-20(19)14-6-8-22-21-16(14)11-23-26-21/h4-12,25H,1-3H3,(H,22,23,26). The molecule has 0 saturated carbocycles. The number of nitrogens with zero attached hydrogens (tertiary/aromatic N) is 4. The molecule has 0 aliphatic rings. The first-order valence-electron chi connectivity index (χ1n) is 9.06.